The molecule has 1 atom stereocenters. The van der Waals surface area contributed by atoms with Gasteiger partial charge in [-0.2, -0.15) is 11.8 Å². The highest BCUT2D eigenvalue weighted by Gasteiger charge is 2.18. The summed E-state index contributed by atoms with van der Waals surface area (Å²) in [6.45, 7) is 3.15. The summed E-state index contributed by atoms with van der Waals surface area (Å²) in [7, 11) is 2.21. The van der Waals surface area contributed by atoms with Gasteiger partial charge in [-0.05, 0) is 45.5 Å². The van der Waals surface area contributed by atoms with E-state index in [0.29, 0.717) is 16.9 Å². The molecule has 0 saturated carbocycles. The highest BCUT2D eigenvalue weighted by Crippen LogP contribution is 2.20. The minimum absolute atomic E-state index is 0.0568. The van der Waals surface area contributed by atoms with Gasteiger partial charge in [-0.15, -0.1) is 11.3 Å². The maximum atomic E-state index is 11.8. The first-order chi connectivity index (χ1) is 9.65. The van der Waals surface area contributed by atoms with E-state index in [4.69, 9.17) is 0 Å². The van der Waals surface area contributed by atoms with Gasteiger partial charge in [0.15, 0.2) is 5.13 Å². The van der Waals surface area contributed by atoms with Crippen molar-refractivity contribution in [2.75, 3.05) is 30.4 Å². The maximum absolute atomic E-state index is 11.8. The van der Waals surface area contributed by atoms with Gasteiger partial charge in [-0.25, -0.2) is 4.98 Å². The van der Waals surface area contributed by atoms with Gasteiger partial charge in [-0.3, -0.25) is 4.79 Å². The number of hydrogen-bond acceptors (Lipinski definition) is 5. The predicted molar refractivity (Wildman–Crippen MR) is 87.7 cm³/mol. The number of likely N-dealkylation sites (tertiary alicyclic amines) is 1. The minimum Gasteiger partial charge on any atom is -0.303 e. The molecule has 1 amide bonds. The molecule has 1 N–H and O–H groups in total. The Morgan fingerprint density at radius 1 is 1.60 bits per heavy atom. The molecule has 2 heterocycles. The summed E-state index contributed by atoms with van der Waals surface area (Å²) in [5.74, 6) is 1.63. The van der Waals surface area contributed by atoms with Gasteiger partial charge in [0.25, 0.3) is 0 Å². The third kappa shape index (κ3) is 5.07. The van der Waals surface area contributed by atoms with Gasteiger partial charge >= 0.3 is 0 Å². The largest absolute Gasteiger partial charge is 0.303 e. The van der Waals surface area contributed by atoms with Crippen LogP contribution in [-0.2, 0) is 4.79 Å². The Kier molecular flexibility index (Phi) is 6.32. The number of piperidine rings is 1. The Morgan fingerprint density at radius 3 is 3.15 bits per heavy atom. The summed E-state index contributed by atoms with van der Waals surface area (Å²) >= 11 is 3.20. The van der Waals surface area contributed by atoms with Crippen LogP contribution in [0.2, 0.25) is 0 Å². The lowest BCUT2D eigenvalue weighted by atomic mass is 10.0. The molecular weight excluding hydrogens is 290 g/mol. The fourth-order valence-electron chi connectivity index (χ4n) is 2.46. The van der Waals surface area contributed by atoms with E-state index in [0.717, 1.165) is 11.4 Å². The molecule has 1 fully saturated rings. The third-order valence-corrected chi connectivity index (χ3v) is 5.48. The van der Waals surface area contributed by atoms with Crippen molar-refractivity contribution in [1.82, 2.24) is 9.88 Å². The van der Waals surface area contributed by atoms with Crippen LogP contribution in [0, 0.1) is 6.92 Å². The Morgan fingerprint density at radius 2 is 2.45 bits per heavy atom. The average molecular weight is 313 g/mol. The number of thioether (sulfide) groups is 1. The monoisotopic (exact) mass is 313 g/mol. The number of carbonyl (C=O) groups is 1. The summed E-state index contributed by atoms with van der Waals surface area (Å²) in [6, 6.07) is 0.709. The molecule has 0 bridgehead atoms. The van der Waals surface area contributed by atoms with E-state index in [-0.39, 0.29) is 5.91 Å². The SMILES string of the molecule is Cc1csc(NC(=O)CSCC[C@@H]2CCCCN2C)n1. The molecule has 112 valence electrons. The summed E-state index contributed by atoms with van der Waals surface area (Å²) in [5, 5.41) is 5.50. The predicted octanol–water partition coefficient (Wildman–Crippen LogP) is 3.00. The molecule has 1 aromatic heterocycles. The fourth-order valence-corrected chi connectivity index (χ4v) is 4.00. The lowest BCUT2D eigenvalue weighted by molar-refractivity contribution is -0.113. The molecule has 0 unspecified atom stereocenters. The normalized spacial score (nSPS) is 20.0. The van der Waals surface area contributed by atoms with E-state index in [1.165, 1.54) is 43.6 Å². The van der Waals surface area contributed by atoms with Crippen LogP contribution in [-0.4, -0.2) is 46.9 Å². The van der Waals surface area contributed by atoms with Gasteiger partial charge in [0.2, 0.25) is 5.91 Å². The summed E-state index contributed by atoms with van der Waals surface area (Å²) in [4.78, 5) is 18.5. The van der Waals surface area contributed by atoms with Crippen molar-refractivity contribution in [2.24, 2.45) is 0 Å². The zero-order valence-electron chi connectivity index (χ0n) is 12.2. The molecule has 0 aliphatic carbocycles. The van der Waals surface area contributed by atoms with Crippen LogP contribution in [0.3, 0.4) is 0 Å². The first-order valence-corrected chi connectivity index (χ1v) is 9.18. The fraction of sp³-hybridized carbons (Fsp3) is 0.714. The molecule has 1 aliphatic rings. The standard InChI is InChI=1S/C14H23N3OS2/c1-11-9-20-14(15-11)16-13(18)10-19-8-6-12-5-3-4-7-17(12)2/h9,12H,3-8,10H2,1-2H3,(H,15,16,18)/t12-/m0/s1. The van der Waals surface area contributed by atoms with Crippen LogP contribution in [0.5, 0.6) is 0 Å². The van der Waals surface area contributed by atoms with Crippen LogP contribution in [0.25, 0.3) is 0 Å². The van der Waals surface area contributed by atoms with Gasteiger partial charge in [0.1, 0.15) is 0 Å². The van der Waals surface area contributed by atoms with Crippen molar-refractivity contribution in [3.05, 3.63) is 11.1 Å². The van der Waals surface area contributed by atoms with Crippen molar-refractivity contribution >= 4 is 34.1 Å². The number of nitrogens with zero attached hydrogens (tertiary/aromatic N) is 2. The molecule has 4 nitrogen and oxygen atoms in total. The Hall–Kier alpha value is -0.590. The van der Waals surface area contributed by atoms with Gasteiger partial charge in [-0.1, -0.05) is 6.42 Å². The second-order valence-electron chi connectivity index (χ2n) is 5.31. The molecule has 0 radical (unpaired) electrons. The summed E-state index contributed by atoms with van der Waals surface area (Å²) < 4.78 is 0. The number of hydrogen-bond donors (Lipinski definition) is 1. The number of aryl methyl sites for hydroxylation is 1. The number of thiazole rings is 1. The van der Waals surface area contributed by atoms with Crippen LogP contribution in [0.1, 0.15) is 31.4 Å². The first kappa shape index (κ1) is 15.8. The van der Waals surface area contributed by atoms with E-state index in [9.17, 15) is 4.79 Å². The highest BCUT2D eigenvalue weighted by molar-refractivity contribution is 7.99. The summed E-state index contributed by atoms with van der Waals surface area (Å²) in [5.41, 5.74) is 0.957. The number of anilines is 1. The molecule has 1 saturated heterocycles. The van der Waals surface area contributed by atoms with E-state index in [1.54, 1.807) is 11.8 Å². The van der Waals surface area contributed by atoms with Crippen molar-refractivity contribution < 1.29 is 4.79 Å². The van der Waals surface area contributed by atoms with E-state index in [1.807, 2.05) is 12.3 Å². The molecule has 1 aliphatic heterocycles. The number of carbonyl (C=O) groups excluding carboxylic acids is 1. The van der Waals surface area contributed by atoms with Gasteiger partial charge in [0.05, 0.1) is 11.4 Å². The minimum atomic E-state index is 0.0568. The average Bonchev–Trinajstić information content (AvgIpc) is 2.82. The Labute approximate surface area is 129 Å². The van der Waals surface area contributed by atoms with Crippen molar-refractivity contribution in [3.63, 3.8) is 0 Å². The van der Waals surface area contributed by atoms with E-state index < -0.39 is 0 Å². The third-order valence-electron chi connectivity index (χ3n) is 3.62. The first-order valence-electron chi connectivity index (χ1n) is 7.15. The van der Waals surface area contributed by atoms with Crippen LogP contribution in [0.15, 0.2) is 5.38 Å². The topological polar surface area (TPSA) is 45.2 Å². The smallest absolute Gasteiger partial charge is 0.236 e. The maximum Gasteiger partial charge on any atom is 0.236 e. The van der Waals surface area contributed by atoms with Crippen LogP contribution >= 0.6 is 23.1 Å². The molecule has 2 rings (SSSR count). The van der Waals surface area contributed by atoms with E-state index >= 15 is 0 Å². The van der Waals surface area contributed by atoms with E-state index in [2.05, 4.69) is 22.2 Å². The number of aromatic nitrogens is 1. The Balaban J connectivity index is 1.59. The quantitative estimate of drug-likeness (QED) is 0.820. The molecule has 20 heavy (non-hydrogen) atoms. The van der Waals surface area contributed by atoms with Gasteiger partial charge < -0.3 is 10.2 Å². The zero-order valence-corrected chi connectivity index (χ0v) is 13.9. The Bertz CT molecular complexity index is 436. The molecule has 0 aromatic carbocycles. The molecule has 1 aromatic rings. The lowest BCUT2D eigenvalue weighted by Crippen LogP contribution is -2.36. The van der Waals surface area contributed by atoms with Crippen molar-refractivity contribution in [3.8, 4) is 0 Å². The van der Waals surface area contributed by atoms with Crippen LogP contribution < -0.4 is 5.32 Å². The van der Waals surface area contributed by atoms with Crippen LogP contribution in [0.4, 0.5) is 5.13 Å². The molecule has 0 spiro atoms. The summed E-state index contributed by atoms with van der Waals surface area (Å²) in [6.07, 6.45) is 5.17. The zero-order chi connectivity index (χ0) is 14.4. The van der Waals surface area contributed by atoms with Crippen molar-refractivity contribution in [1.29, 1.82) is 0 Å². The molecule has 6 heteroatoms. The number of amides is 1. The molecular formula is C14H23N3OS2. The van der Waals surface area contributed by atoms with Crippen molar-refractivity contribution in [2.45, 2.75) is 38.6 Å². The second-order valence-corrected chi connectivity index (χ2v) is 7.28. The number of rotatable bonds is 6. The van der Waals surface area contributed by atoms with Gasteiger partial charge in [0, 0.05) is 11.4 Å². The number of nitrogens with one attached hydrogen (secondary N) is 1. The second kappa shape index (κ2) is 8.00. The highest BCUT2D eigenvalue weighted by atomic mass is 32.2. The lowest BCUT2D eigenvalue weighted by Gasteiger charge is -2.32.